The lowest BCUT2D eigenvalue weighted by Crippen LogP contribution is -2.04. The molecule has 18 heavy (non-hydrogen) atoms. The van der Waals surface area contributed by atoms with Crippen molar-refractivity contribution in [1.82, 2.24) is 9.97 Å². The van der Waals surface area contributed by atoms with E-state index in [0.29, 0.717) is 11.5 Å². The summed E-state index contributed by atoms with van der Waals surface area (Å²) < 4.78 is 0.976. The minimum atomic E-state index is -1.01. The molecule has 1 aromatic carbocycles. The van der Waals surface area contributed by atoms with Gasteiger partial charge in [-0.05, 0) is 25.5 Å². The maximum absolute atomic E-state index is 10.9. The molecule has 0 radical (unpaired) electrons. The molecule has 1 N–H and O–H groups in total. The van der Waals surface area contributed by atoms with Crippen LogP contribution in [0.4, 0.5) is 0 Å². The van der Waals surface area contributed by atoms with Gasteiger partial charge < -0.3 is 5.11 Å². The molecule has 2 aromatic rings. The van der Waals surface area contributed by atoms with E-state index in [0.717, 1.165) is 15.6 Å². The number of carboxylic acid groups (broad SMARTS) is 1. The third-order valence-electron chi connectivity index (χ3n) is 2.64. The predicted octanol–water partition coefficient (Wildman–Crippen LogP) is 3.22. The number of rotatable bonds is 2. The van der Waals surface area contributed by atoms with Gasteiger partial charge in [-0.3, -0.25) is 0 Å². The first-order chi connectivity index (χ1) is 8.49. The van der Waals surface area contributed by atoms with Gasteiger partial charge in [0.15, 0.2) is 5.82 Å². The maximum atomic E-state index is 10.9. The fourth-order valence-electron chi connectivity index (χ4n) is 1.55. The number of hydrogen-bond acceptors (Lipinski definition) is 3. The Labute approximate surface area is 113 Å². The summed E-state index contributed by atoms with van der Waals surface area (Å²) in [5.74, 6) is -0.484. The molecule has 0 amide bonds. The number of carbonyl (C=O) groups is 1. The molecule has 5 heteroatoms. The van der Waals surface area contributed by atoms with Crippen LogP contribution >= 0.6 is 15.9 Å². The van der Waals surface area contributed by atoms with Gasteiger partial charge in [0.25, 0.3) is 0 Å². The summed E-state index contributed by atoms with van der Waals surface area (Å²) in [5, 5.41) is 8.92. The zero-order valence-corrected chi connectivity index (χ0v) is 11.5. The third kappa shape index (κ3) is 2.41. The average Bonchev–Trinajstić information content (AvgIpc) is 2.32. The van der Waals surface area contributed by atoms with Crippen LogP contribution in [0.15, 0.2) is 28.9 Å². The SMILES string of the molecule is Cc1ccc(-c2ncc(C(=O)O)c(C)n2)cc1Br. The lowest BCUT2D eigenvalue weighted by atomic mass is 10.1. The molecule has 0 saturated carbocycles. The highest BCUT2D eigenvalue weighted by Crippen LogP contribution is 2.23. The molecule has 0 unspecified atom stereocenters. The molecule has 0 aliphatic heterocycles. The van der Waals surface area contributed by atoms with E-state index in [2.05, 4.69) is 25.9 Å². The van der Waals surface area contributed by atoms with Crippen molar-refractivity contribution in [1.29, 1.82) is 0 Å². The van der Waals surface area contributed by atoms with Crippen LogP contribution in [-0.2, 0) is 0 Å². The first kappa shape index (κ1) is 12.7. The lowest BCUT2D eigenvalue weighted by Gasteiger charge is -2.05. The Morgan fingerprint density at radius 2 is 2.06 bits per heavy atom. The molecule has 1 heterocycles. The van der Waals surface area contributed by atoms with Gasteiger partial charge >= 0.3 is 5.97 Å². The summed E-state index contributed by atoms with van der Waals surface area (Å²) in [6.45, 7) is 3.66. The number of aromatic nitrogens is 2. The quantitative estimate of drug-likeness (QED) is 0.925. The monoisotopic (exact) mass is 306 g/mol. The second kappa shape index (κ2) is 4.86. The molecule has 2 rings (SSSR count). The van der Waals surface area contributed by atoms with E-state index in [1.54, 1.807) is 6.92 Å². The average molecular weight is 307 g/mol. The van der Waals surface area contributed by atoms with Crippen LogP contribution in [0.3, 0.4) is 0 Å². The number of halogens is 1. The van der Waals surface area contributed by atoms with Crippen LogP contribution in [0.5, 0.6) is 0 Å². The number of benzene rings is 1. The highest BCUT2D eigenvalue weighted by Gasteiger charge is 2.11. The molecule has 0 saturated heterocycles. The zero-order chi connectivity index (χ0) is 13.3. The van der Waals surface area contributed by atoms with Crippen LogP contribution < -0.4 is 0 Å². The zero-order valence-electron chi connectivity index (χ0n) is 9.94. The Balaban J connectivity index is 2.48. The summed E-state index contributed by atoms with van der Waals surface area (Å²) in [5.41, 5.74) is 2.57. The number of nitrogens with zero attached hydrogens (tertiary/aromatic N) is 2. The number of aromatic carboxylic acids is 1. The molecular formula is C13H11BrN2O2. The summed E-state index contributed by atoms with van der Waals surface area (Å²) in [6, 6.07) is 5.79. The second-order valence-electron chi connectivity index (χ2n) is 3.96. The second-order valence-corrected chi connectivity index (χ2v) is 4.82. The van der Waals surface area contributed by atoms with E-state index in [4.69, 9.17) is 5.11 Å². The van der Waals surface area contributed by atoms with E-state index in [-0.39, 0.29) is 5.56 Å². The van der Waals surface area contributed by atoms with Crippen molar-refractivity contribution in [2.45, 2.75) is 13.8 Å². The molecular weight excluding hydrogens is 296 g/mol. The van der Waals surface area contributed by atoms with Crippen LogP contribution in [0.1, 0.15) is 21.6 Å². The first-order valence-electron chi connectivity index (χ1n) is 5.32. The lowest BCUT2D eigenvalue weighted by molar-refractivity contribution is 0.0695. The fraction of sp³-hybridized carbons (Fsp3) is 0.154. The van der Waals surface area contributed by atoms with E-state index in [9.17, 15) is 4.79 Å². The smallest absolute Gasteiger partial charge is 0.339 e. The highest BCUT2D eigenvalue weighted by molar-refractivity contribution is 9.10. The van der Waals surface area contributed by atoms with Gasteiger partial charge in [0.05, 0.1) is 11.3 Å². The standard InChI is InChI=1S/C13H11BrN2O2/c1-7-3-4-9(5-11(7)14)12-15-6-10(13(17)18)8(2)16-12/h3-6H,1-2H3,(H,17,18). The number of carboxylic acids is 1. The topological polar surface area (TPSA) is 63.1 Å². The third-order valence-corrected chi connectivity index (χ3v) is 3.49. The molecule has 0 spiro atoms. The van der Waals surface area contributed by atoms with Crippen molar-refractivity contribution in [3.05, 3.63) is 45.7 Å². The highest BCUT2D eigenvalue weighted by atomic mass is 79.9. The normalized spacial score (nSPS) is 10.4. The molecule has 0 atom stereocenters. The Kier molecular flexibility index (Phi) is 3.43. The van der Waals surface area contributed by atoms with E-state index in [1.165, 1.54) is 6.20 Å². The summed E-state index contributed by atoms with van der Waals surface area (Å²) >= 11 is 3.45. The Hall–Kier alpha value is -1.75. The number of hydrogen-bond donors (Lipinski definition) is 1. The Morgan fingerprint density at radius 1 is 1.33 bits per heavy atom. The molecule has 1 aromatic heterocycles. The molecule has 0 aliphatic carbocycles. The molecule has 4 nitrogen and oxygen atoms in total. The van der Waals surface area contributed by atoms with Gasteiger partial charge in [-0.15, -0.1) is 0 Å². The summed E-state index contributed by atoms with van der Waals surface area (Å²) in [4.78, 5) is 19.2. The molecule has 0 fully saturated rings. The maximum Gasteiger partial charge on any atom is 0.339 e. The largest absolute Gasteiger partial charge is 0.478 e. The first-order valence-corrected chi connectivity index (χ1v) is 6.12. The van der Waals surface area contributed by atoms with Crippen molar-refractivity contribution < 1.29 is 9.90 Å². The molecule has 92 valence electrons. The Morgan fingerprint density at radius 3 is 2.61 bits per heavy atom. The summed E-state index contributed by atoms with van der Waals surface area (Å²) in [7, 11) is 0. The van der Waals surface area contributed by atoms with Crippen molar-refractivity contribution in [3.63, 3.8) is 0 Å². The van der Waals surface area contributed by atoms with Gasteiger partial charge in [-0.2, -0.15) is 0 Å². The van der Waals surface area contributed by atoms with Gasteiger partial charge in [-0.25, -0.2) is 14.8 Å². The van der Waals surface area contributed by atoms with Gasteiger partial charge in [0, 0.05) is 16.2 Å². The minimum Gasteiger partial charge on any atom is -0.478 e. The van der Waals surface area contributed by atoms with Crippen molar-refractivity contribution >= 4 is 21.9 Å². The van der Waals surface area contributed by atoms with Crippen molar-refractivity contribution in [2.24, 2.45) is 0 Å². The fourth-order valence-corrected chi connectivity index (χ4v) is 1.93. The number of aryl methyl sites for hydroxylation is 2. The molecule has 0 bridgehead atoms. The van der Waals surface area contributed by atoms with E-state index >= 15 is 0 Å². The predicted molar refractivity (Wildman–Crippen MR) is 71.6 cm³/mol. The van der Waals surface area contributed by atoms with Gasteiger partial charge in [-0.1, -0.05) is 28.1 Å². The van der Waals surface area contributed by atoms with E-state index in [1.807, 2.05) is 25.1 Å². The van der Waals surface area contributed by atoms with Crippen molar-refractivity contribution in [3.8, 4) is 11.4 Å². The van der Waals surface area contributed by atoms with Crippen LogP contribution in [0.25, 0.3) is 11.4 Å². The minimum absolute atomic E-state index is 0.130. The summed E-state index contributed by atoms with van der Waals surface area (Å²) in [6.07, 6.45) is 1.34. The van der Waals surface area contributed by atoms with Crippen LogP contribution in [-0.4, -0.2) is 21.0 Å². The van der Waals surface area contributed by atoms with E-state index < -0.39 is 5.97 Å². The Bertz CT molecular complexity index is 626. The van der Waals surface area contributed by atoms with Crippen molar-refractivity contribution in [2.75, 3.05) is 0 Å². The van der Waals surface area contributed by atoms with Gasteiger partial charge in [0.1, 0.15) is 0 Å². The van der Waals surface area contributed by atoms with Crippen LogP contribution in [0.2, 0.25) is 0 Å². The van der Waals surface area contributed by atoms with Crippen LogP contribution in [0, 0.1) is 13.8 Å². The molecule has 0 aliphatic rings. The van der Waals surface area contributed by atoms with Gasteiger partial charge in [0.2, 0.25) is 0 Å².